The molecule has 0 aromatic heterocycles. The van der Waals surface area contributed by atoms with Gasteiger partial charge in [-0.05, 0) is 43.0 Å². The van der Waals surface area contributed by atoms with Crippen LogP contribution in [0.1, 0.15) is 29.9 Å². The molecular weight excluding hydrogens is 236 g/mol. The Morgan fingerprint density at radius 3 is 3.05 bits per heavy atom. The molecule has 0 amide bonds. The van der Waals surface area contributed by atoms with Crippen LogP contribution in [0.4, 0.5) is 0 Å². The van der Waals surface area contributed by atoms with E-state index >= 15 is 0 Å². The molecule has 1 aliphatic heterocycles. The molecule has 0 radical (unpaired) electrons. The summed E-state index contributed by atoms with van der Waals surface area (Å²) in [6.45, 7) is 4.80. The zero-order chi connectivity index (χ0) is 13.1. The van der Waals surface area contributed by atoms with Crippen molar-refractivity contribution in [1.82, 2.24) is 10.2 Å². The molecule has 1 unspecified atom stereocenters. The van der Waals surface area contributed by atoms with E-state index in [-0.39, 0.29) is 0 Å². The zero-order valence-corrected chi connectivity index (χ0v) is 11.4. The molecular formula is C16H22N2O. The van der Waals surface area contributed by atoms with Crippen molar-refractivity contribution in [2.45, 2.75) is 25.2 Å². The van der Waals surface area contributed by atoms with Gasteiger partial charge in [0, 0.05) is 19.5 Å². The first-order valence-corrected chi connectivity index (χ1v) is 7.35. The molecule has 3 rings (SSSR count). The summed E-state index contributed by atoms with van der Waals surface area (Å²) in [6, 6.07) is 8.51. The summed E-state index contributed by atoms with van der Waals surface area (Å²) < 4.78 is 0. The van der Waals surface area contributed by atoms with Crippen molar-refractivity contribution in [3.63, 3.8) is 0 Å². The SMILES string of the molecule is O=C(CC1Cc2ccccc21)CN1CCCNCC1. The van der Waals surface area contributed by atoms with Crippen LogP contribution in [0.3, 0.4) is 0 Å². The average molecular weight is 258 g/mol. The van der Waals surface area contributed by atoms with Gasteiger partial charge in [-0.25, -0.2) is 0 Å². The monoisotopic (exact) mass is 258 g/mol. The predicted molar refractivity (Wildman–Crippen MR) is 76.4 cm³/mol. The molecule has 0 saturated carbocycles. The Labute approximate surface area is 115 Å². The first kappa shape index (κ1) is 12.8. The molecule has 19 heavy (non-hydrogen) atoms. The highest BCUT2D eigenvalue weighted by Gasteiger charge is 2.27. The first-order valence-electron chi connectivity index (χ1n) is 7.35. The van der Waals surface area contributed by atoms with Crippen molar-refractivity contribution in [3.8, 4) is 0 Å². The van der Waals surface area contributed by atoms with E-state index in [0.717, 1.165) is 45.4 Å². The maximum absolute atomic E-state index is 12.2. The molecule has 3 heteroatoms. The topological polar surface area (TPSA) is 32.3 Å². The van der Waals surface area contributed by atoms with Gasteiger partial charge in [-0.1, -0.05) is 24.3 Å². The molecule has 0 bridgehead atoms. The minimum atomic E-state index is 0.404. The van der Waals surface area contributed by atoms with Crippen molar-refractivity contribution in [2.75, 3.05) is 32.7 Å². The molecule has 1 fully saturated rings. The van der Waals surface area contributed by atoms with Crippen LogP contribution in [-0.2, 0) is 11.2 Å². The summed E-state index contributed by atoms with van der Waals surface area (Å²) in [5.74, 6) is 0.884. The summed E-state index contributed by atoms with van der Waals surface area (Å²) in [4.78, 5) is 14.5. The highest BCUT2D eigenvalue weighted by atomic mass is 16.1. The number of fused-ring (bicyclic) bond motifs is 1. The highest BCUT2D eigenvalue weighted by Crippen LogP contribution is 2.37. The molecule has 1 saturated heterocycles. The molecule has 1 atom stereocenters. The van der Waals surface area contributed by atoms with E-state index in [1.54, 1.807) is 0 Å². The Bertz CT molecular complexity index is 450. The van der Waals surface area contributed by atoms with Gasteiger partial charge in [-0.2, -0.15) is 0 Å². The van der Waals surface area contributed by atoms with Crippen molar-refractivity contribution in [3.05, 3.63) is 35.4 Å². The van der Waals surface area contributed by atoms with Crippen LogP contribution in [-0.4, -0.2) is 43.4 Å². The smallest absolute Gasteiger partial charge is 0.147 e. The Morgan fingerprint density at radius 1 is 1.26 bits per heavy atom. The number of hydrogen-bond donors (Lipinski definition) is 1. The van der Waals surface area contributed by atoms with Crippen LogP contribution in [0.2, 0.25) is 0 Å². The summed E-state index contributed by atoms with van der Waals surface area (Å²) >= 11 is 0. The summed E-state index contributed by atoms with van der Waals surface area (Å²) in [7, 11) is 0. The number of benzene rings is 1. The fourth-order valence-electron chi connectivity index (χ4n) is 3.19. The van der Waals surface area contributed by atoms with E-state index < -0.39 is 0 Å². The molecule has 1 aromatic carbocycles. The number of ketones is 1. The minimum absolute atomic E-state index is 0.404. The number of Topliss-reactive ketones (excluding diaryl/α,β-unsaturated/α-hetero) is 1. The lowest BCUT2D eigenvalue weighted by molar-refractivity contribution is -0.120. The molecule has 102 valence electrons. The van der Waals surface area contributed by atoms with Gasteiger partial charge in [-0.15, -0.1) is 0 Å². The molecule has 0 spiro atoms. The second-order valence-electron chi connectivity index (χ2n) is 5.72. The standard InChI is InChI=1S/C16H22N2O/c19-15(12-18-8-3-6-17-7-9-18)11-14-10-13-4-1-2-5-16(13)14/h1-2,4-5,14,17H,3,6-12H2. The maximum atomic E-state index is 12.2. The van der Waals surface area contributed by atoms with Crippen LogP contribution >= 0.6 is 0 Å². The molecule has 2 aliphatic rings. The number of hydrogen-bond acceptors (Lipinski definition) is 3. The van der Waals surface area contributed by atoms with Gasteiger partial charge in [0.1, 0.15) is 5.78 Å². The lowest BCUT2D eigenvalue weighted by Crippen LogP contribution is -2.34. The number of carbonyl (C=O) groups is 1. The molecule has 1 aliphatic carbocycles. The third kappa shape index (κ3) is 3.04. The summed E-state index contributed by atoms with van der Waals surface area (Å²) in [5.41, 5.74) is 2.83. The lowest BCUT2D eigenvalue weighted by Gasteiger charge is -2.30. The maximum Gasteiger partial charge on any atom is 0.147 e. The van der Waals surface area contributed by atoms with Gasteiger partial charge >= 0.3 is 0 Å². The van der Waals surface area contributed by atoms with Crippen LogP contribution in [0.5, 0.6) is 0 Å². The van der Waals surface area contributed by atoms with E-state index in [9.17, 15) is 4.79 Å². The number of carbonyl (C=O) groups excluding carboxylic acids is 1. The Kier molecular flexibility index (Phi) is 3.95. The zero-order valence-electron chi connectivity index (χ0n) is 11.4. The molecule has 1 heterocycles. The fourth-order valence-corrected chi connectivity index (χ4v) is 3.19. The van der Waals surface area contributed by atoms with Gasteiger partial charge in [0.2, 0.25) is 0 Å². The van der Waals surface area contributed by atoms with E-state index in [2.05, 4.69) is 34.5 Å². The second-order valence-corrected chi connectivity index (χ2v) is 5.72. The number of nitrogens with zero attached hydrogens (tertiary/aromatic N) is 1. The Balaban J connectivity index is 1.50. The lowest BCUT2D eigenvalue weighted by atomic mass is 9.75. The molecule has 1 N–H and O–H groups in total. The second kappa shape index (κ2) is 5.85. The summed E-state index contributed by atoms with van der Waals surface area (Å²) in [6.07, 6.45) is 2.96. The fraction of sp³-hybridized carbons (Fsp3) is 0.562. The predicted octanol–water partition coefficient (Wildman–Crippen LogP) is 1.58. The van der Waals surface area contributed by atoms with Gasteiger partial charge < -0.3 is 5.32 Å². The quantitative estimate of drug-likeness (QED) is 0.890. The normalized spacial score (nSPS) is 23.3. The van der Waals surface area contributed by atoms with Crippen molar-refractivity contribution in [2.24, 2.45) is 0 Å². The summed E-state index contributed by atoms with van der Waals surface area (Å²) in [5, 5.41) is 3.37. The van der Waals surface area contributed by atoms with Crippen molar-refractivity contribution in [1.29, 1.82) is 0 Å². The Hall–Kier alpha value is -1.19. The van der Waals surface area contributed by atoms with Gasteiger partial charge in [0.25, 0.3) is 0 Å². The van der Waals surface area contributed by atoms with Crippen LogP contribution in [0.15, 0.2) is 24.3 Å². The average Bonchev–Trinajstić information content (AvgIpc) is 2.65. The number of rotatable bonds is 4. The Morgan fingerprint density at radius 2 is 2.16 bits per heavy atom. The minimum Gasteiger partial charge on any atom is -0.315 e. The van der Waals surface area contributed by atoms with E-state index in [1.165, 1.54) is 11.1 Å². The largest absolute Gasteiger partial charge is 0.315 e. The van der Waals surface area contributed by atoms with Gasteiger partial charge in [0.15, 0.2) is 0 Å². The first-order chi connectivity index (χ1) is 9.33. The molecule has 1 aromatic rings. The third-order valence-electron chi connectivity index (χ3n) is 4.27. The number of nitrogens with one attached hydrogen (secondary N) is 1. The van der Waals surface area contributed by atoms with E-state index in [0.29, 0.717) is 18.2 Å². The van der Waals surface area contributed by atoms with Crippen LogP contribution < -0.4 is 5.32 Å². The highest BCUT2D eigenvalue weighted by molar-refractivity contribution is 5.81. The van der Waals surface area contributed by atoms with Crippen molar-refractivity contribution < 1.29 is 4.79 Å². The van der Waals surface area contributed by atoms with Gasteiger partial charge in [0.05, 0.1) is 6.54 Å². The van der Waals surface area contributed by atoms with Crippen LogP contribution in [0.25, 0.3) is 0 Å². The third-order valence-corrected chi connectivity index (χ3v) is 4.27. The van der Waals surface area contributed by atoms with Crippen LogP contribution in [0, 0.1) is 0 Å². The van der Waals surface area contributed by atoms with Gasteiger partial charge in [-0.3, -0.25) is 9.69 Å². The van der Waals surface area contributed by atoms with Crippen molar-refractivity contribution >= 4 is 5.78 Å². The molecule has 3 nitrogen and oxygen atoms in total. The van der Waals surface area contributed by atoms with E-state index in [4.69, 9.17) is 0 Å². The van der Waals surface area contributed by atoms with E-state index in [1.807, 2.05) is 0 Å².